The monoisotopic (exact) mass is 349 g/mol. The second-order valence-electron chi connectivity index (χ2n) is 5.98. The molecule has 26 heavy (non-hydrogen) atoms. The number of carbonyl (C=O) groups excluding carboxylic acids is 2. The highest BCUT2D eigenvalue weighted by molar-refractivity contribution is 6.04. The van der Waals surface area contributed by atoms with Gasteiger partial charge in [-0.3, -0.25) is 9.59 Å². The van der Waals surface area contributed by atoms with E-state index in [2.05, 4.69) is 5.32 Å². The van der Waals surface area contributed by atoms with E-state index in [0.29, 0.717) is 35.8 Å². The number of para-hydroxylation sites is 2. The van der Waals surface area contributed by atoms with Crippen LogP contribution in [0.5, 0.6) is 5.75 Å². The van der Waals surface area contributed by atoms with E-state index in [9.17, 15) is 9.59 Å². The number of benzene rings is 2. The van der Waals surface area contributed by atoms with Crippen LogP contribution in [0, 0.1) is 17.2 Å². The normalized spacial score (nSPS) is 16.2. The Balaban J connectivity index is 1.71. The van der Waals surface area contributed by atoms with Gasteiger partial charge in [-0.25, -0.2) is 0 Å². The number of hydrogen-bond acceptors (Lipinski definition) is 4. The predicted octanol–water partition coefficient (Wildman–Crippen LogP) is 2.95. The van der Waals surface area contributed by atoms with Crippen molar-refractivity contribution in [3.05, 3.63) is 54.1 Å². The maximum Gasteiger partial charge on any atom is 0.229 e. The van der Waals surface area contributed by atoms with Gasteiger partial charge in [0.15, 0.2) is 0 Å². The Hall–Kier alpha value is -3.33. The van der Waals surface area contributed by atoms with Crippen molar-refractivity contribution in [2.24, 2.45) is 5.92 Å². The van der Waals surface area contributed by atoms with Crippen molar-refractivity contribution in [3.63, 3.8) is 0 Å². The van der Waals surface area contributed by atoms with Crippen molar-refractivity contribution >= 4 is 23.2 Å². The highest BCUT2D eigenvalue weighted by atomic mass is 16.5. The molecule has 132 valence electrons. The number of nitrogens with one attached hydrogen (secondary N) is 1. The standard InChI is InChI=1S/C20H19N3O3/c1-2-26-18-6-4-3-5-17(18)23-13-15(11-19(23)24)20(25)22-16-9-7-14(12-21)8-10-16/h3-10,15H,2,11,13H2,1H3,(H,22,25). The van der Waals surface area contributed by atoms with Gasteiger partial charge in [0.1, 0.15) is 5.75 Å². The van der Waals surface area contributed by atoms with Crippen LogP contribution in [-0.4, -0.2) is 25.0 Å². The summed E-state index contributed by atoms with van der Waals surface area (Å²) in [7, 11) is 0. The molecular formula is C20H19N3O3. The Morgan fingerprint density at radius 2 is 2.00 bits per heavy atom. The zero-order valence-corrected chi connectivity index (χ0v) is 14.4. The lowest BCUT2D eigenvalue weighted by Crippen LogP contribution is -2.28. The Bertz CT molecular complexity index is 855. The molecule has 1 saturated heterocycles. The van der Waals surface area contributed by atoms with Crippen LogP contribution in [-0.2, 0) is 9.59 Å². The van der Waals surface area contributed by atoms with Crippen LogP contribution in [0.2, 0.25) is 0 Å². The number of rotatable bonds is 5. The molecule has 0 radical (unpaired) electrons. The molecule has 0 spiro atoms. The van der Waals surface area contributed by atoms with Gasteiger partial charge in [0.05, 0.1) is 29.8 Å². The number of nitrogens with zero attached hydrogens (tertiary/aromatic N) is 2. The van der Waals surface area contributed by atoms with Gasteiger partial charge in [-0.1, -0.05) is 12.1 Å². The molecule has 1 heterocycles. The lowest BCUT2D eigenvalue weighted by atomic mass is 10.1. The van der Waals surface area contributed by atoms with Crippen LogP contribution in [0.15, 0.2) is 48.5 Å². The largest absolute Gasteiger partial charge is 0.492 e. The van der Waals surface area contributed by atoms with Crippen LogP contribution < -0.4 is 15.0 Å². The van der Waals surface area contributed by atoms with E-state index >= 15 is 0 Å². The quantitative estimate of drug-likeness (QED) is 0.900. The Kier molecular flexibility index (Phi) is 5.18. The van der Waals surface area contributed by atoms with Gasteiger partial charge < -0.3 is 15.0 Å². The average Bonchev–Trinajstić information content (AvgIpc) is 3.05. The number of carbonyl (C=O) groups is 2. The van der Waals surface area contributed by atoms with Crippen molar-refractivity contribution < 1.29 is 14.3 Å². The van der Waals surface area contributed by atoms with E-state index in [-0.39, 0.29) is 18.2 Å². The lowest BCUT2D eigenvalue weighted by molar-refractivity contribution is -0.122. The zero-order chi connectivity index (χ0) is 18.5. The fraction of sp³-hybridized carbons (Fsp3) is 0.250. The van der Waals surface area contributed by atoms with Crippen LogP contribution in [0.3, 0.4) is 0 Å². The third kappa shape index (κ3) is 3.67. The van der Waals surface area contributed by atoms with E-state index in [1.54, 1.807) is 29.2 Å². The smallest absolute Gasteiger partial charge is 0.229 e. The van der Waals surface area contributed by atoms with E-state index in [1.807, 2.05) is 37.3 Å². The number of amides is 2. The van der Waals surface area contributed by atoms with E-state index in [1.165, 1.54) is 0 Å². The summed E-state index contributed by atoms with van der Waals surface area (Å²) in [4.78, 5) is 26.6. The molecule has 1 aliphatic heterocycles. The number of nitriles is 1. The first-order chi connectivity index (χ1) is 12.6. The van der Waals surface area contributed by atoms with Crippen molar-refractivity contribution in [3.8, 4) is 11.8 Å². The van der Waals surface area contributed by atoms with Gasteiger partial charge in [-0.2, -0.15) is 5.26 Å². The van der Waals surface area contributed by atoms with Gasteiger partial charge in [0.25, 0.3) is 0 Å². The molecule has 1 N–H and O–H groups in total. The van der Waals surface area contributed by atoms with Gasteiger partial charge >= 0.3 is 0 Å². The van der Waals surface area contributed by atoms with Crippen molar-refractivity contribution in [2.75, 3.05) is 23.4 Å². The van der Waals surface area contributed by atoms with Crippen molar-refractivity contribution in [1.82, 2.24) is 0 Å². The molecule has 3 rings (SSSR count). The lowest BCUT2D eigenvalue weighted by Gasteiger charge is -2.20. The molecule has 0 bridgehead atoms. The molecule has 2 amide bonds. The molecule has 1 atom stereocenters. The zero-order valence-electron chi connectivity index (χ0n) is 14.4. The number of anilines is 2. The molecule has 0 saturated carbocycles. The van der Waals surface area contributed by atoms with Crippen molar-refractivity contribution in [2.45, 2.75) is 13.3 Å². The highest BCUT2D eigenvalue weighted by Gasteiger charge is 2.36. The summed E-state index contributed by atoms with van der Waals surface area (Å²) in [6.07, 6.45) is 0.155. The first kappa shape index (κ1) is 17.5. The molecule has 6 nitrogen and oxygen atoms in total. The number of hydrogen-bond donors (Lipinski definition) is 1. The average molecular weight is 349 g/mol. The first-order valence-electron chi connectivity index (χ1n) is 8.45. The minimum atomic E-state index is -0.437. The van der Waals surface area contributed by atoms with E-state index in [0.717, 1.165) is 0 Å². The van der Waals surface area contributed by atoms with Crippen LogP contribution in [0.4, 0.5) is 11.4 Å². The molecule has 1 fully saturated rings. The highest BCUT2D eigenvalue weighted by Crippen LogP contribution is 2.33. The minimum Gasteiger partial charge on any atom is -0.492 e. The first-order valence-corrected chi connectivity index (χ1v) is 8.45. The molecule has 1 unspecified atom stereocenters. The van der Waals surface area contributed by atoms with Crippen LogP contribution in [0.25, 0.3) is 0 Å². The molecular weight excluding hydrogens is 330 g/mol. The number of ether oxygens (including phenoxy) is 1. The summed E-state index contributed by atoms with van der Waals surface area (Å²) in [6, 6.07) is 16.0. The third-order valence-electron chi connectivity index (χ3n) is 4.23. The Labute approximate surface area is 152 Å². The summed E-state index contributed by atoms with van der Waals surface area (Å²) in [5.74, 6) is -0.110. The van der Waals surface area contributed by atoms with Crippen LogP contribution >= 0.6 is 0 Å². The summed E-state index contributed by atoms with van der Waals surface area (Å²) in [5.41, 5.74) is 1.82. The fourth-order valence-electron chi connectivity index (χ4n) is 2.95. The van der Waals surface area contributed by atoms with Gasteiger partial charge in [-0.05, 0) is 43.3 Å². The minimum absolute atomic E-state index is 0.0999. The molecule has 2 aromatic carbocycles. The summed E-state index contributed by atoms with van der Waals surface area (Å²) in [6.45, 7) is 2.70. The second kappa shape index (κ2) is 7.70. The third-order valence-corrected chi connectivity index (χ3v) is 4.23. The topological polar surface area (TPSA) is 82.4 Å². The molecule has 0 aliphatic carbocycles. The van der Waals surface area contributed by atoms with E-state index in [4.69, 9.17) is 10.00 Å². The summed E-state index contributed by atoms with van der Waals surface area (Å²) < 4.78 is 5.59. The summed E-state index contributed by atoms with van der Waals surface area (Å²) in [5, 5.41) is 11.6. The van der Waals surface area contributed by atoms with Crippen LogP contribution in [0.1, 0.15) is 18.9 Å². The van der Waals surface area contributed by atoms with Gasteiger partial charge in [-0.15, -0.1) is 0 Å². The molecule has 1 aliphatic rings. The Morgan fingerprint density at radius 3 is 2.69 bits per heavy atom. The molecule has 2 aromatic rings. The fourth-order valence-corrected chi connectivity index (χ4v) is 2.95. The summed E-state index contributed by atoms with van der Waals surface area (Å²) >= 11 is 0. The molecule has 0 aromatic heterocycles. The SMILES string of the molecule is CCOc1ccccc1N1CC(C(=O)Nc2ccc(C#N)cc2)CC1=O. The van der Waals surface area contributed by atoms with Gasteiger partial charge in [0.2, 0.25) is 11.8 Å². The second-order valence-corrected chi connectivity index (χ2v) is 5.98. The predicted molar refractivity (Wildman–Crippen MR) is 97.9 cm³/mol. The van der Waals surface area contributed by atoms with E-state index < -0.39 is 5.92 Å². The maximum absolute atomic E-state index is 12.5. The van der Waals surface area contributed by atoms with Crippen molar-refractivity contribution in [1.29, 1.82) is 5.26 Å². The molecule has 6 heteroatoms. The maximum atomic E-state index is 12.5. The Morgan fingerprint density at radius 1 is 1.27 bits per heavy atom. The van der Waals surface area contributed by atoms with Gasteiger partial charge in [0, 0.05) is 18.7 Å².